The third-order valence-corrected chi connectivity index (χ3v) is 8.61. The van der Waals surface area contributed by atoms with Crippen molar-refractivity contribution < 1.29 is 22.7 Å². The average Bonchev–Trinajstić information content (AvgIpc) is 3.37. The highest BCUT2D eigenvalue weighted by molar-refractivity contribution is 7.89. The molecule has 9 heteroatoms. The maximum atomic E-state index is 13.4. The zero-order chi connectivity index (χ0) is 23.7. The highest BCUT2D eigenvalue weighted by atomic mass is 35.5. The molecule has 2 aromatic carbocycles. The number of sulfonamides is 1. The Morgan fingerprint density at radius 3 is 2.33 bits per heavy atom. The predicted octanol–water partition coefficient (Wildman–Crippen LogP) is 3.06. The van der Waals surface area contributed by atoms with Gasteiger partial charge in [0.15, 0.2) is 0 Å². The molecule has 3 heterocycles. The second-order valence-electron chi connectivity index (χ2n) is 8.94. The molecule has 0 radical (unpaired) electrons. The summed E-state index contributed by atoms with van der Waals surface area (Å²) in [5, 5.41) is 0.496. The zero-order valence-electron chi connectivity index (χ0n) is 18.3. The fraction of sp³-hybridized carbons (Fsp3) is 0.333. The first-order valence-corrected chi connectivity index (χ1v) is 12.5. The molecule has 0 spiro atoms. The van der Waals surface area contributed by atoms with E-state index < -0.39 is 39.5 Å². The minimum Gasteiger partial charge on any atom is -0.361 e. The van der Waals surface area contributed by atoms with Gasteiger partial charge in [0.25, 0.3) is 0 Å². The maximum absolute atomic E-state index is 13.4. The van der Waals surface area contributed by atoms with Crippen LogP contribution in [0.2, 0.25) is 5.02 Å². The lowest BCUT2D eigenvalue weighted by molar-refractivity contribution is -0.126. The number of ether oxygens (including phenoxy) is 1. The van der Waals surface area contributed by atoms with E-state index in [0.717, 1.165) is 10.5 Å². The Bertz CT molecular complexity index is 1300. The summed E-state index contributed by atoms with van der Waals surface area (Å²) in [6, 6.07) is 10.1. The second-order valence-corrected chi connectivity index (χ2v) is 11.1. The van der Waals surface area contributed by atoms with E-state index in [2.05, 4.69) is 4.72 Å². The van der Waals surface area contributed by atoms with Gasteiger partial charge in [-0.2, -0.15) is 0 Å². The summed E-state index contributed by atoms with van der Waals surface area (Å²) in [4.78, 5) is 28.0. The number of rotatable bonds is 5. The highest BCUT2D eigenvalue weighted by Crippen LogP contribution is 2.52. The number of imide groups is 1. The number of halogens is 1. The first kappa shape index (κ1) is 22.3. The maximum Gasteiger partial charge on any atom is 0.241 e. The molecule has 2 bridgehead atoms. The fourth-order valence-corrected chi connectivity index (χ4v) is 7.07. The largest absolute Gasteiger partial charge is 0.361 e. The van der Waals surface area contributed by atoms with Crippen molar-refractivity contribution in [1.29, 1.82) is 0 Å². The van der Waals surface area contributed by atoms with Gasteiger partial charge in [0.2, 0.25) is 21.8 Å². The molecule has 7 nitrogen and oxygen atoms in total. The molecular formula is C24H23ClN2O5S. The number of nitrogens with one attached hydrogen (secondary N) is 1. The molecule has 0 unspecified atom stereocenters. The number of aryl methyl sites for hydroxylation is 3. The van der Waals surface area contributed by atoms with Gasteiger partial charge in [-0.05, 0) is 56.2 Å². The molecule has 5 rings (SSSR count). The normalized spacial score (nSPS) is 28.1. The van der Waals surface area contributed by atoms with Gasteiger partial charge in [-0.15, -0.1) is 0 Å². The summed E-state index contributed by atoms with van der Waals surface area (Å²) >= 11 is 5.95. The number of benzene rings is 2. The van der Waals surface area contributed by atoms with E-state index in [1.807, 2.05) is 19.1 Å². The highest BCUT2D eigenvalue weighted by Gasteiger charge is 2.67. The quantitative estimate of drug-likeness (QED) is 0.518. The third kappa shape index (κ3) is 3.35. The smallest absolute Gasteiger partial charge is 0.241 e. The molecule has 172 valence electrons. The van der Waals surface area contributed by atoms with E-state index in [-0.39, 0.29) is 17.3 Å². The van der Waals surface area contributed by atoms with Crippen LogP contribution in [-0.4, -0.2) is 38.5 Å². The lowest BCUT2D eigenvalue weighted by Gasteiger charge is -2.29. The summed E-state index contributed by atoms with van der Waals surface area (Å²) in [7, 11) is -3.87. The van der Waals surface area contributed by atoms with Crippen molar-refractivity contribution in [3.8, 4) is 0 Å². The molecule has 2 fully saturated rings. The SMILES string of the molecule is Cc1cc(C)c(S(=O)(=O)NC[C@@]23C=C[C@@H](O2)[C@H]2C(=O)N(c4ccc(Cl)cc4)C(=O)[C@@H]23)c(C)c1. The summed E-state index contributed by atoms with van der Waals surface area (Å²) in [6.45, 7) is 5.27. The molecule has 3 aliphatic heterocycles. The number of hydrogen-bond donors (Lipinski definition) is 1. The zero-order valence-corrected chi connectivity index (χ0v) is 19.9. The number of carbonyl (C=O) groups excluding carboxylic acids is 2. The number of fused-ring (bicyclic) bond motifs is 5. The first-order chi connectivity index (χ1) is 15.5. The van der Waals surface area contributed by atoms with E-state index in [9.17, 15) is 18.0 Å². The molecule has 2 amide bonds. The van der Waals surface area contributed by atoms with Crippen LogP contribution in [0.4, 0.5) is 5.69 Å². The van der Waals surface area contributed by atoms with E-state index in [4.69, 9.17) is 16.3 Å². The summed E-state index contributed by atoms with van der Waals surface area (Å²) in [5.74, 6) is -2.25. The van der Waals surface area contributed by atoms with E-state index in [0.29, 0.717) is 21.8 Å². The molecule has 1 N–H and O–H groups in total. The van der Waals surface area contributed by atoms with E-state index in [1.165, 1.54) is 0 Å². The lowest BCUT2D eigenvalue weighted by atomic mass is 9.77. The number of nitrogens with zero attached hydrogens (tertiary/aromatic N) is 1. The molecule has 2 saturated heterocycles. The second kappa shape index (κ2) is 7.50. The Morgan fingerprint density at radius 1 is 1.06 bits per heavy atom. The van der Waals surface area contributed by atoms with Crippen molar-refractivity contribution in [1.82, 2.24) is 4.72 Å². The molecule has 3 aliphatic rings. The molecule has 0 aromatic heterocycles. The van der Waals surface area contributed by atoms with Crippen molar-refractivity contribution >= 4 is 39.1 Å². The van der Waals surface area contributed by atoms with Crippen LogP contribution in [-0.2, 0) is 24.3 Å². The molecule has 0 saturated carbocycles. The Kier molecular flexibility index (Phi) is 5.06. The van der Waals surface area contributed by atoms with Crippen LogP contribution in [0.3, 0.4) is 0 Å². The summed E-state index contributed by atoms with van der Waals surface area (Å²) < 4.78 is 35.1. The van der Waals surface area contributed by atoms with Gasteiger partial charge >= 0.3 is 0 Å². The molecule has 33 heavy (non-hydrogen) atoms. The summed E-state index contributed by atoms with van der Waals surface area (Å²) in [6.07, 6.45) is 2.89. The molecule has 4 atom stereocenters. The van der Waals surface area contributed by atoms with Crippen molar-refractivity contribution in [2.24, 2.45) is 11.8 Å². The van der Waals surface area contributed by atoms with E-state index in [1.54, 1.807) is 50.3 Å². The predicted molar refractivity (Wildman–Crippen MR) is 124 cm³/mol. The third-order valence-electron chi connectivity index (χ3n) is 6.65. The van der Waals surface area contributed by atoms with Crippen molar-refractivity contribution in [3.05, 3.63) is 70.3 Å². The van der Waals surface area contributed by atoms with E-state index >= 15 is 0 Å². The summed E-state index contributed by atoms with van der Waals surface area (Å²) in [5.41, 5.74) is 1.48. The monoisotopic (exact) mass is 486 g/mol. The van der Waals surface area contributed by atoms with Crippen molar-refractivity contribution in [2.45, 2.75) is 37.4 Å². The minimum atomic E-state index is -3.87. The Morgan fingerprint density at radius 2 is 1.70 bits per heavy atom. The van der Waals surface area contributed by atoms with Crippen LogP contribution >= 0.6 is 11.6 Å². The minimum absolute atomic E-state index is 0.149. The first-order valence-electron chi connectivity index (χ1n) is 10.6. The van der Waals surface area contributed by atoms with Gasteiger partial charge in [-0.1, -0.05) is 41.4 Å². The van der Waals surface area contributed by atoms with Crippen LogP contribution in [0.1, 0.15) is 16.7 Å². The molecule has 0 aliphatic carbocycles. The van der Waals surface area contributed by atoms with Crippen LogP contribution in [0.25, 0.3) is 0 Å². The van der Waals surface area contributed by atoms with Gasteiger partial charge in [0.1, 0.15) is 5.60 Å². The Hall–Kier alpha value is -2.52. The molecule has 2 aromatic rings. The standard InChI is InChI=1S/C24H23ClN2O5S/c1-13-10-14(2)21(15(3)11-13)33(30,31)26-12-24-9-8-18(32-24)19-20(24)23(29)27(22(19)28)17-6-4-16(25)5-7-17/h4-11,18-20,26H,12H2,1-3H3/t18-,19-,20-,24-/m1/s1. The number of amides is 2. The number of hydrogen-bond acceptors (Lipinski definition) is 5. The topological polar surface area (TPSA) is 92.8 Å². The Labute approximate surface area is 197 Å². The van der Waals surface area contributed by atoms with Crippen molar-refractivity contribution in [3.63, 3.8) is 0 Å². The molecular weight excluding hydrogens is 464 g/mol. The van der Waals surface area contributed by atoms with Gasteiger partial charge in [-0.25, -0.2) is 18.0 Å². The van der Waals surface area contributed by atoms with Gasteiger partial charge < -0.3 is 4.74 Å². The van der Waals surface area contributed by atoms with Crippen LogP contribution in [0, 0.1) is 32.6 Å². The lowest BCUT2D eigenvalue weighted by Crippen LogP contribution is -2.49. The van der Waals surface area contributed by atoms with Gasteiger partial charge in [0.05, 0.1) is 28.5 Å². The van der Waals surface area contributed by atoms with Crippen LogP contribution in [0.15, 0.2) is 53.4 Å². The van der Waals surface area contributed by atoms with Gasteiger partial charge in [0, 0.05) is 11.6 Å². The fourth-order valence-electron chi connectivity index (χ4n) is 5.42. The average molecular weight is 487 g/mol. The van der Waals surface area contributed by atoms with Gasteiger partial charge in [-0.3, -0.25) is 9.59 Å². The Balaban J connectivity index is 1.44. The number of anilines is 1. The number of carbonyl (C=O) groups is 2. The van der Waals surface area contributed by atoms with Crippen LogP contribution < -0.4 is 9.62 Å². The van der Waals surface area contributed by atoms with Crippen LogP contribution in [0.5, 0.6) is 0 Å². The van der Waals surface area contributed by atoms with Crippen molar-refractivity contribution in [2.75, 3.05) is 11.4 Å².